The van der Waals surface area contributed by atoms with Crippen LogP contribution in [0.2, 0.25) is 0 Å². The number of ether oxygens (including phenoxy) is 2. The van der Waals surface area contributed by atoms with Crippen LogP contribution in [-0.4, -0.2) is 29.6 Å². The summed E-state index contributed by atoms with van der Waals surface area (Å²) in [5.74, 6) is -0.107. The molecule has 1 aromatic heterocycles. The van der Waals surface area contributed by atoms with Crippen LogP contribution in [0.4, 0.5) is 0 Å². The van der Waals surface area contributed by atoms with Gasteiger partial charge in [0.2, 0.25) is 5.89 Å². The number of rotatable bonds is 5. The van der Waals surface area contributed by atoms with Crippen molar-refractivity contribution in [2.45, 2.75) is 38.5 Å². The van der Waals surface area contributed by atoms with Crippen LogP contribution in [0.15, 0.2) is 9.21 Å². The predicted molar refractivity (Wildman–Crippen MR) is 55.1 cm³/mol. The first kappa shape index (κ1) is 11.3. The lowest BCUT2D eigenvalue weighted by atomic mass is 10.2. The van der Waals surface area contributed by atoms with E-state index in [4.69, 9.17) is 13.9 Å². The van der Waals surface area contributed by atoms with Gasteiger partial charge in [0.15, 0.2) is 0 Å². The average molecular weight is 228 g/mol. The maximum atomic E-state index is 11.4. The summed E-state index contributed by atoms with van der Waals surface area (Å²) in [7, 11) is 1.53. The lowest BCUT2D eigenvalue weighted by molar-refractivity contribution is 0.0989. The smallest absolute Gasteiger partial charge is 0.390 e. The van der Waals surface area contributed by atoms with E-state index >= 15 is 0 Å². The van der Waals surface area contributed by atoms with E-state index in [1.807, 2.05) is 0 Å². The molecular formula is C10H16N2O4. The SMILES string of the molecule is COCc1nn(CCC2CCCO2)c(=O)o1. The molecular weight excluding hydrogens is 212 g/mol. The summed E-state index contributed by atoms with van der Waals surface area (Å²) in [5.41, 5.74) is 0. The molecule has 1 saturated heterocycles. The Bertz CT molecular complexity index is 378. The van der Waals surface area contributed by atoms with Crippen LogP contribution in [0.25, 0.3) is 0 Å². The number of aryl methyl sites for hydroxylation is 1. The molecule has 0 bridgehead atoms. The van der Waals surface area contributed by atoms with Crippen LogP contribution in [0.5, 0.6) is 0 Å². The van der Waals surface area contributed by atoms with Gasteiger partial charge in [0, 0.05) is 13.7 Å². The first-order valence-electron chi connectivity index (χ1n) is 5.47. The summed E-state index contributed by atoms with van der Waals surface area (Å²) in [6.07, 6.45) is 3.23. The number of methoxy groups -OCH3 is 1. The van der Waals surface area contributed by atoms with E-state index in [-0.39, 0.29) is 12.7 Å². The molecule has 16 heavy (non-hydrogen) atoms. The second-order valence-corrected chi connectivity index (χ2v) is 3.84. The van der Waals surface area contributed by atoms with Crippen LogP contribution in [0, 0.1) is 0 Å². The van der Waals surface area contributed by atoms with Crippen molar-refractivity contribution < 1.29 is 13.9 Å². The molecule has 0 saturated carbocycles. The minimum absolute atomic E-state index is 0.224. The second-order valence-electron chi connectivity index (χ2n) is 3.84. The van der Waals surface area contributed by atoms with Crippen molar-refractivity contribution in [2.75, 3.05) is 13.7 Å². The summed E-state index contributed by atoms with van der Waals surface area (Å²) >= 11 is 0. The molecule has 2 rings (SSSR count). The normalized spacial score (nSPS) is 20.4. The topological polar surface area (TPSA) is 66.5 Å². The van der Waals surface area contributed by atoms with Gasteiger partial charge in [0.1, 0.15) is 6.61 Å². The number of nitrogens with zero attached hydrogens (tertiary/aromatic N) is 2. The van der Waals surface area contributed by atoms with Gasteiger partial charge in [-0.1, -0.05) is 0 Å². The Morgan fingerprint density at radius 3 is 3.19 bits per heavy atom. The Labute approximate surface area is 93.1 Å². The zero-order chi connectivity index (χ0) is 11.4. The molecule has 6 nitrogen and oxygen atoms in total. The molecule has 1 aliphatic rings. The minimum atomic E-state index is -0.426. The number of hydrogen-bond acceptors (Lipinski definition) is 5. The fourth-order valence-corrected chi connectivity index (χ4v) is 1.81. The van der Waals surface area contributed by atoms with Gasteiger partial charge in [-0.2, -0.15) is 4.68 Å². The van der Waals surface area contributed by atoms with Crippen LogP contribution < -0.4 is 5.76 Å². The molecule has 90 valence electrons. The summed E-state index contributed by atoms with van der Waals surface area (Å²) in [6.45, 7) is 1.59. The predicted octanol–water partition coefficient (Wildman–Crippen LogP) is 0.552. The highest BCUT2D eigenvalue weighted by atomic mass is 16.5. The molecule has 0 N–H and O–H groups in total. The molecule has 0 aromatic carbocycles. The third-order valence-corrected chi connectivity index (χ3v) is 2.60. The molecule has 0 spiro atoms. The van der Waals surface area contributed by atoms with E-state index in [0.29, 0.717) is 12.4 Å². The fraction of sp³-hybridized carbons (Fsp3) is 0.800. The molecule has 1 unspecified atom stereocenters. The molecule has 1 aromatic rings. The van der Waals surface area contributed by atoms with Gasteiger partial charge >= 0.3 is 5.76 Å². The van der Waals surface area contributed by atoms with Crippen LogP contribution >= 0.6 is 0 Å². The Kier molecular flexibility index (Phi) is 3.74. The van der Waals surface area contributed by atoms with Gasteiger partial charge in [-0.15, -0.1) is 5.10 Å². The standard InChI is InChI=1S/C10H16N2O4/c1-14-7-9-11-12(10(13)16-9)5-4-8-3-2-6-15-8/h8H,2-7H2,1H3. The Hall–Kier alpha value is -1.14. The molecule has 6 heteroatoms. The van der Waals surface area contributed by atoms with E-state index < -0.39 is 5.76 Å². The summed E-state index contributed by atoms with van der Waals surface area (Å²) in [5, 5.41) is 4.02. The summed E-state index contributed by atoms with van der Waals surface area (Å²) in [6, 6.07) is 0. The third-order valence-electron chi connectivity index (χ3n) is 2.60. The van der Waals surface area contributed by atoms with Gasteiger partial charge in [-0.3, -0.25) is 0 Å². The molecule has 2 heterocycles. The lowest BCUT2D eigenvalue weighted by Gasteiger charge is -2.07. The van der Waals surface area contributed by atoms with Crippen molar-refractivity contribution in [3.63, 3.8) is 0 Å². The van der Waals surface area contributed by atoms with Gasteiger partial charge in [-0.25, -0.2) is 4.79 Å². The van der Waals surface area contributed by atoms with E-state index in [0.717, 1.165) is 25.9 Å². The Balaban J connectivity index is 1.90. The Morgan fingerprint density at radius 1 is 1.62 bits per heavy atom. The maximum Gasteiger partial charge on any atom is 0.437 e. The summed E-state index contributed by atoms with van der Waals surface area (Å²) in [4.78, 5) is 11.4. The highest BCUT2D eigenvalue weighted by Crippen LogP contribution is 2.15. The van der Waals surface area contributed by atoms with Crippen LogP contribution in [0.3, 0.4) is 0 Å². The largest absolute Gasteiger partial charge is 0.437 e. The second kappa shape index (κ2) is 5.27. The minimum Gasteiger partial charge on any atom is -0.390 e. The van der Waals surface area contributed by atoms with E-state index in [9.17, 15) is 4.79 Å². The summed E-state index contributed by atoms with van der Waals surface area (Å²) < 4.78 is 16.5. The quantitative estimate of drug-likeness (QED) is 0.736. The van der Waals surface area contributed by atoms with Crippen LogP contribution in [-0.2, 0) is 22.6 Å². The van der Waals surface area contributed by atoms with Gasteiger partial charge in [0.25, 0.3) is 0 Å². The zero-order valence-electron chi connectivity index (χ0n) is 9.35. The average Bonchev–Trinajstić information content (AvgIpc) is 2.86. The molecule has 1 fully saturated rings. The monoisotopic (exact) mass is 228 g/mol. The highest BCUT2D eigenvalue weighted by molar-refractivity contribution is 4.72. The Morgan fingerprint density at radius 2 is 2.50 bits per heavy atom. The zero-order valence-corrected chi connectivity index (χ0v) is 9.35. The highest BCUT2D eigenvalue weighted by Gasteiger charge is 2.16. The van der Waals surface area contributed by atoms with Gasteiger partial charge < -0.3 is 13.9 Å². The van der Waals surface area contributed by atoms with Crippen molar-refractivity contribution in [1.29, 1.82) is 0 Å². The molecule has 0 radical (unpaired) electrons. The first-order valence-corrected chi connectivity index (χ1v) is 5.47. The number of hydrogen-bond donors (Lipinski definition) is 0. The fourth-order valence-electron chi connectivity index (χ4n) is 1.81. The molecule has 0 aliphatic carbocycles. The van der Waals surface area contributed by atoms with Crippen LogP contribution in [0.1, 0.15) is 25.2 Å². The van der Waals surface area contributed by atoms with Crippen molar-refractivity contribution in [3.8, 4) is 0 Å². The lowest BCUT2D eigenvalue weighted by Crippen LogP contribution is -2.19. The van der Waals surface area contributed by atoms with E-state index in [1.165, 1.54) is 11.8 Å². The van der Waals surface area contributed by atoms with Gasteiger partial charge in [-0.05, 0) is 19.3 Å². The van der Waals surface area contributed by atoms with Crippen molar-refractivity contribution in [1.82, 2.24) is 9.78 Å². The molecule has 1 aliphatic heterocycles. The molecule has 0 amide bonds. The first-order chi connectivity index (χ1) is 7.79. The molecule has 1 atom stereocenters. The van der Waals surface area contributed by atoms with Crippen molar-refractivity contribution in [3.05, 3.63) is 16.4 Å². The van der Waals surface area contributed by atoms with Crippen molar-refractivity contribution >= 4 is 0 Å². The number of aromatic nitrogens is 2. The third kappa shape index (κ3) is 2.70. The van der Waals surface area contributed by atoms with Gasteiger partial charge in [0.05, 0.1) is 12.6 Å². The maximum absolute atomic E-state index is 11.4. The van der Waals surface area contributed by atoms with E-state index in [2.05, 4.69) is 5.10 Å². The van der Waals surface area contributed by atoms with Crippen molar-refractivity contribution in [2.24, 2.45) is 0 Å². The van der Waals surface area contributed by atoms with E-state index in [1.54, 1.807) is 0 Å².